The first-order chi connectivity index (χ1) is 15.0. The molecule has 3 aromatic rings. The third kappa shape index (κ3) is 4.79. The van der Waals surface area contributed by atoms with Gasteiger partial charge in [0.1, 0.15) is 0 Å². The number of aryl methyl sites for hydroxylation is 3. The van der Waals surface area contributed by atoms with E-state index in [1.165, 1.54) is 22.4 Å². The average molecular weight is 419 g/mol. The van der Waals surface area contributed by atoms with Crippen LogP contribution in [-0.2, 0) is 17.6 Å². The minimum atomic E-state index is 0.146. The lowest BCUT2D eigenvalue weighted by Crippen LogP contribution is -2.49. The van der Waals surface area contributed by atoms with Crippen LogP contribution in [0, 0.1) is 13.8 Å². The van der Waals surface area contributed by atoms with E-state index in [-0.39, 0.29) is 5.91 Å². The van der Waals surface area contributed by atoms with Crippen LogP contribution < -0.4 is 4.90 Å². The fraction of sp³-hybridized carbons (Fsp3) is 0.400. The highest BCUT2D eigenvalue weighted by molar-refractivity contribution is 5.76. The van der Waals surface area contributed by atoms with Gasteiger partial charge < -0.3 is 14.3 Å². The Kier molecular flexibility index (Phi) is 6.35. The number of amides is 1. The molecule has 2 aromatic carbocycles. The lowest BCUT2D eigenvalue weighted by molar-refractivity contribution is -0.131. The Morgan fingerprint density at radius 1 is 1.03 bits per heavy atom. The van der Waals surface area contributed by atoms with E-state index in [0.29, 0.717) is 24.6 Å². The van der Waals surface area contributed by atoms with Crippen molar-refractivity contribution in [3.63, 3.8) is 0 Å². The van der Waals surface area contributed by atoms with E-state index in [2.05, 4.69) is 66.1 Å². The van der Waals surface area contributed by atoms with Crippen LogP contribution in [-0.4, -0.2) is 47.1 Å². The average Bonchev–Trinajstić information content (AvgIpc) is 3.28. The number of anilines is 1. The summed E-state index contributed by atoms with van der Waals surface area (Å²) in [5.41, 5.74) is 6.10. The number of hydrogen-bond acceptors (Lipinski definition) is 5. The molecular weight excluding hydrogens is 388 g/mol. The summed E-state index contributed by atoms with van der Waals surface area (Å²) < 4.78 is 5.37. The quantitative estimate of drug-likeness (QED) is 0.600. The second-order valence-corrected chi connectivity index (χ2v) is 8.15. The number of carbonyl (C=O) groups is 1. The monoisotopic (exact) mass is 418 g/mol. The summed E-state index contributed by atoms with van der Waals surface area (Å²) in [6.07, 6.45) is 1.86. The van der Waals surface area contributed by atoms with Crippen molar-refractivity contribution in [2.24, 2.45) is 0 Å². The minimum Gasteiger partial charge on any atom is -0.368 e. The normalized spacial score (nSPS) is 14.2. The van der Waals surface area contributed by atoms with Crippen LogP contribution >= 0.6 is 0 Å². The molecule has 0 aliphatic carbocycles. The van der Waals surface area contributed by atoms with Gasteiger partial charge in [0.2, 0.25) is 17.6 Å². The Morgan fingerprint density at radius 3 is 2.48 bits per heavy atom. The maximum Gasteiger partial charge on any atom is 0.227 e. The molecule has 0 radical (unpaired) electrons. The van der Waals surface area contributed by atoms with Crippen molar-refractivity contribution in [1.82, 2.24) is 15.0 Å². The molecule has 1 aliphatic rings. The first-order valence-electron chi connectivity index (χ1n) is 11.1. The summed E-state index contributed by atoms with van der Waals surface area (Å²) in [7, 11) is 0. The van der Waals surface area contributed by atoms with Crippen molar-refractivity contribution in [2.45, 2.75) is 40.0 Å². The van der Waals surface area contributed by atoms with Crippen LogP contribution in [0.2, 0.25) is 0 Å². The van der Waals surface area contributed by atoms with Gasteiger partial charge in [-0.2, -0.15) is 4.98 Å². The lowest BCUT2D eigenvalue weighted by atomic mass is 10.1. The van der Waals surface area contributed by atoms with E-state index in [1.54, 1.807) is 0 Å². The maximum atomic E-state index is 12.7. The first-order valence-corrected chi connectivity index (χ1v) is 11.1. The molecule has 162 valence electrons. The minimum absolute atomic E-state index is 0.146. The molecule has 1 fully saturated rings. The van der Waals surface area contributed by atoms with Gasteiger partial charge in [0, 0.05) is 50.3 Å². The van der Waals surface area contributed by atoms with Crippen LogP contribution in [0.4, 0.5) is 5.69 Å². The highest BCUT2D eigenvalue weighted by Crippen LogP contribution is 2.24. The van der Waals surface area contributed by atoms with Crippen LogP contribution in [0.3, 0.4) is 0 Å². The summed E-state index contributed by atoms with van der Waals surface area (Å²) >= 11 is 0. The molecule has 2 heterocycles. The first kappa shape index (κ1) is 21.1. The predicted octanol–water partition coefficient (Wildman–Crippen LogP) is 4.20. The molecule has 1 aliphatic heterocycles. The second kappa shape index (κ2) is 9.33. The summed E-state index contributed by atoms with van der Waals surface area (Å²) in [6, 6.07) is 14.6. The van der Waals surface area contributed by atoms with Crippen molar-refractivity contribution >= 4 is 11.6 Å². The summed E-state index contributed by atoms with van der Waals surface area (Å²) in [5, 5.41) is 4.07. The molecule has 6 nitrogen and oxygen atoms in total. The van der Waals surface area contributed by atoms with Gasteiger partial charge in [0.25, 0.3) is 0 Å². The zero-order valence-electron chi connectivity index (χ0n) is 18.6. The number of hydrogen-bond donors (Lipinski definition) is 0. The zero-order valence-corrected chi connectivity index (χ0v) is 18.6. The summed E-state index contributed by atoms with van der Waals surface area (Å²) in [6.45, 7) is 9.63. The Morgan fingerprint density at radius 2 is 1.77 bits per heavy atom. The van der Waals surface area contributed by atoms with E-state index in [4.69, 9.17) is 4.52 Å². The van der Waals surface area contributed by atoms with E-state index in [0.717, 1.165) is 38.2 Å². The van der Waals surface area contributed by atoms with Gasteiger partial charge in [0.15, 0.2) is 0 Å². The highest BCUT2D eigenvalue weighted by atomic mass is 16.5. The smallest absolute Gasteiger partial charge is 0.227 e. The molecule has 0 N–H and O–H groups in total. The van der Waals surface area contributed by atoms with E-state index in [1.807, 2.05) is 17.0 Å². The highest BCUT2D eigenvalue weighted by Gasteiger charge is 2.22. The van der Waals surface area contributed by atoms with Crippen molar-refractivity contribution in [3.8, 4) is 11.4 Å². The molecule has 0 saturated carbocycles. The van der Waals surface area contributed by atoms with Crippen LogP contribution in [0.5, 0.6) is 0 Å². The van der Waals surface area contributed by atoms with Gasteiger partial charge in [0.05, 0.1) is 0 Å². The van der Waals surface area contributed by atoms with Gasteiger partial charge in [-0.15, -0.1) is 0 Å². The number of piperazine rings is 1. The Balaban J connectivity index is 1.29. The van der Waals surface area contributed by atoms with Gasteiger partial charge in [-0.05, 0) is 43.0 Å². The van der Waals surface area contributed by atoms with Gasteiger partial charge in [-0.1, -0.05) is 48.5 Å². The number of aromatic nitrogens is 2. The molecule has 0 bridgehead atoms. The second-order valence-electron chi connectivity index (χ2n) is 8.15. The molecule has 4 rings (SSSR count). The van der Waals surface area contributed by atoms with Crippen molar-refractivity contribution < 1.29 is 9.32 Å². The summed E-state index contributed by atoms with van der Waals surface area (Å²) in [5.74, 6) is 1.23. The number of carbonyl (C=O) groups excluding carboxylic acids is 1. The number of rotatable bonds is 6. The topological polar surface area (TPSA) is 62.5 Å². The third-order valence-electron chi connectivity index (χ3n) is 6.19. The molecular formula is C25H30N4O2. The fourth-order valence-corrected chi connectivity index (χ4v) is 4.01. The zero-order chi connectivity index (χ0) is 21.8. The largest absolute Gasteiger partial charge is 0.368 e. The molecule has 0 spiro atoms. The van der Waals surface area contributed by atoms with Gasteiger partial charge in [-0.3, -0.25) is 4.79 Å². The molecule has 31 heavy (non-hydrogen) atoms. The Bertz CT molecular complexity index is 1030. The van der Waals surface area contributed by atoms with E-state index in [9.17, 15) is 4.79 Å². The van der Waals surface area contributed by atoms with E-state index < -0.39 is 0 Å². The predicted molar refractivity (Wildman–Crippen MR) is 122 cm³/mol. The molecule has 0 atom stereocenters. The Labute approximate surface area is 183 Å². The fourth-order valence-electron chi connectivity index (χ4n) is 4.01. The van der Waals surface area contributed by atoms with Crippen molar-refractivity contribution in [3.05, 3.63) is 65.0 Å². The number of benzene rings is 2. The van der Waals surface area contributed by atoms with Crippen molar-refractivity contribution in [2.75, 3.05) is 31.1 Å². The molecule has 1 aromatic heterocycles. The maximum absolute atomic E-state index is 12.7. The molecule has 1 amide bonds. The van der Waals surface area contributed by atoms with E-state index >= 15 is 0 Å². The Hall–Kier alpha value is -3.15. The third-order valence-corrected chi connectivity index (χ3v) is 6.19. The molecule has 6 heteroatoms. The molecule has 0 unspecified atom stereocenters. The molecule has 1 saturated heterocycles. The summed E-state index contributed by atoms with van der Waals surface area (Å²) in [4.78, 5) is 21.5. The van der Waals surface area contributed by atoms with Crippen LogP contribution in [0.1, 0.15) is 35.9 Å². The van der Waals surface area contributed by atoms with Crippen LogP contribution in [0.25, 0.3) is 11.4 Å². The standard InChI is InChI=1S/C25H30N4O2/c1-4-20-8-10-21(11-9-20)25-26-23(31-27-25)12-13-24(30)29-16-14-28(15-17-29)22-7-5-6-18(2)19(22)3/h5-11H,4,12-17H2,1-3H3. The van der Waals surface area contributed by atoms with Gasteiger partial charge in [-0.25, -0.2) is 0 Å². The van der Waals surface area contributed by atoms with Crippen LogP contribution in [0.15, 0.2) is 47.0 Å². The SMILES string of the molecule is CCc1ccc(-c2noc(CCC(=O)N3CCN(c4cccc(C)c4C)CC3)n2)cc1. The number of nitrogens with zero attached hydrogens (tertiary/aromatic N) is 4. The lowest BCUT2D eigenvalue weighted by Gasteiger charge is -2.37. The van der Waals surface area contributed by atoms with Gasteiger partial charge >= 0.3 is 0 Å². The van der Waals surface area contributed by atoms with Crippen molar-refractivity contribution in [1.29, 1.82) is 0 Å².